The van der Waals surface area contributed by atoms with Gasteiger partial charge in [-0.1, -0.05) is 73.5 Å². The zero-order valence-corrected chi connectivity index (χ0v) is 39.3. The van der Waals surface area contributed by atoms with Gasteiger partial charge in [-0.25, -0.2) is 0 Å². The summed E-state index contributed by atoms with van der Waals surface area (Å²) in [6, 6.07) is 31.4. The monoisotopic (exact) mass is 921 g/mol. The van der Waals surface area contributed by atoms with Gasteiger partial charge in [0.1, 0.15) is 29.9 Å². The third kappa shape index (κ3) is 10.1. The number of non-ortho nitro benzene ring substituents is 1. The maximum atomic E-state index is 15.3. The second-order valence-electron chi connectivity index (χ2n) is 18.4. The van der Waals surface area contributed by atoms with Crippen molar-refractivity contribution in [1.29, 1.82) is 0 Å². The Morgan fingerprint density at radius 3 is 2.37 bits per heavy atom. The number of aryl methyl sites for hydroxylation is 2. The van der Waals surface area contributed by atoms with Crippen LogP contribution in [0.15, 0.2) is 133 Å². The average Bonchev–Trinajstić information content (AvgIpc) is 3.35. The van der Waals surface area contributed by atoms with Crippen LogP contribution in [-0.2, 0) is 16.2 Å². The fraction of sp³-hybridized carbons (Fsp3) is 0.393. The molecule has 1 fully saturated rings. The highest BCUT2D eigenvalue weighted by Gasteiger charge is 2.65. The molecule has 0 aromatic heterocycles. The number of carbonyl (C=O) groups excluding carboxylic acids is 1. The molecule has 2 N–H and O–H groups in total. The minimum atomic E-state index is -1.43. The van der Waals surface area contributed by atoms with Gasteiger partial charge in [-0.3, -0.25) is 14.9 Å². The number of oxime groups is 1. The van der Waals surface area contributed by atoms with Gasteiger partial charge in [0.2, 0.25) is 5.79 Å². The first kappa shape index (κ1) is 48.1. The lowest BCUT2D eigenvalue weighted by molar-refractivity contribution is -0.384. The SMILES string of the molecule is C=CCO[C@@]12Oc3ccc(Oc4ccc(C)c(C)c4)cc3[C@H]3[C@H](CCCCO)[C@@H](CCCCO)C=C(C(=NOCc4ccc([N+](=O)[O-])cc4)C[C@@H]1N(CCC)C(=O)c1ccc4ccccc4c1)[C@H]32. The third-order valence-electron chi connectivity index (χ3n) is 14.0. The van der Waals surface area contributed by atoms with E-state index in [1.165, 1.54) is 17.7 Å². The standard InChI is InChI=1S/C56H63N3O9/c1-5-27-58(55(62)43-21-20-40-13-7-8-14-41(40)32-43)52-35-50(57-66-36-39-18-22-44(23-19-39)59(63)64)48-33-42(15-9-11-28-60)47(16-10-12-29-61)53-49-34-46(67-45-24-17-37(3)38(4)31-45)25-26-51(49)68-56(52,54(48)53)65-30-6-2/h6-8,13-14,17-26,31-34,42,47,52-54,60-61H,2,5,9-12,15-16,27-30,35-36H2,1,3-4H3/t42-,47+,52-,53+,54+,56+/m0/s1. The lowest BCUT2D eigenvalue weighted by Crippen LogP contribution is -2.70. The topological polar surface area (TPSA) is 153 Å². The number of aliphatic hydroxyl groups is 2. The molecule has 1 amide bonds. The zero-order valence-electron chi connectivity index (χ0n) is 39.3. The minimum Gasteiger partial charge on any atom is -0.459 e. The van der Waals surface area contributed by atoms with Crippen molar-refractivity contribution in [2.24, 2.45) is 22.9 Å². The van der Waals surface area contributed by atoms with E-state index in [9.17, 15) is 20.3 Å². The second kappa shape index (κ2) is 21.7. The highest BCUT2D eigenvalue weighted by molar-refractivity contribution is 6.04. The van der Waals surface area contributed by atoms with E-state index in [2.05, 4.69) is 45.6 Å². The number of allylic oxidation sites excluding steroid dienone is 1. The number of hydrogen-bond acceptors (Lipinski definition) is 10. The van der Waals surface area contributed by atoms with Crippen LogP contribution in [0.3, 0.4) is 0 Å². The van der Waals surface area contributed by atoms with E-state index in [4.69, 9.17) is 24.2 Å². The molecule has 68 heavy (non-hydrogen) atoms. The maximum absolute atomic E-state index is 15.3. The van der Waals surface area contributed by atoms with Crippen molar-refractivity contribution in [1.82, 2.24) is 4.90 Å². The molecule has 0 bridgehead atoms. The first-order valence-electron chi connectivity index (χ1n) is 24.1. The van der Waals surface area contributed by atoms with Crippen LogP contribution in [0.4, 0.5) is 5.69 Å². The first-order chi connectivity index (χ1) is 33.1. The summed E-state index contributed by atoms with van der Waals surface area (Å²) in [5.41, 5.74) is 6.05. The predicted molar refractivity (Wildman–Crippen MR) is 264 cm³/mol. The van der Waals surface area contributed by atoms with Gasteiger partial charge >= 0.3 is 0 Å². The summed E-state index contributed by atoms with van der Waals surface area (Å²) in [5, 5.41) is 38.4. The normalized spacial score (nSPS) is 22.1. The Morgan fingerprint density at radius 2 is 1.65 bits per heavy atom. The van der Waals surface area contributed by atoms with E-state index >= 15 is 4.79 Å². The van der Waals surface area contributed by atoms with Crippen molar-refractivity contribution >= 4 is 28.1 Å². The Hall–Kier alpha value is -6.34. The minimum absolute atomic E-state index is 0.0163. The van der Waals surface area contributed by atoms with Crippen LogP contribution >= 0.6 is 0 Å². The Balaban J connectivity index is 1.33. The smallest absolute Gasteiger partial charge is 0.269 e. The van der Waals surface area contributed by atoms with Crippen LogP contribution in [0.25, 0.3) is 10.8 Å². The van der Waals surface area contributed by atoms with E-state index in [0.717, 1.165) is 58.9 Å². The summed E-state index contributed by atoms with van der Waals surface area (Å²) < 4.78 is 21.3. The summed E-state index contributed by atoms with van der Waals surface area (Å²) in [6.45, 7) is 11.0. The number of rotatable bonds is 21. The number of benzene rings is 5. The molecule has 6 atom stereocenters. The number of nitro benzene ring substituents is 1. The summed E-state index contributed by atoms with van der Waals surface area (Å²) in [5.74, 6) is -0.275. The Morgan fingerprint density at radius 1 is 0.912 bits per heavy atom. The molecule has 1 heterocycles. The molecule has 5 aromatic rings. The molecule has 12 heteroatoms. The molecule has 8 rings (SSSR count). The number of fused-ring (bicyclic) bond motifs is 3. The molecule has 0 unspecified atom stereocenters. The Bertz CT molecular complexity index is 2660. The molecule has 356 valence electrons. The molecule has 0 saturated heterocycles. The molecule has 0 radical (unpaired) electrons. The average molecular weight is 922 g/mol. The predicted octanol–water partition coefficient (Wildman–Crippen LogP) is 11.5. The van der Waals surface area contributed by atoms with Crippen LogP contribution in [-0.4, -0.2) is 69.8 Å². The molecule has 1 aliphatic heterocycles. The fourth-order valence-corrected chi connectivity index (χ4v) is 10.7. The quantitative estimate of drug-likeness (QED) is 0.0317. The van der Waals surface area contributed by atoms with Crippen molar-refractivity contribution < 1.29 is 39.0 Å². The highest BCUT2D eigenvalue weighted by Crippen LogP contribution is 2.62. The number of nitrogens with zero attached hydrogens (tertiary/aromatic N) is 3. The summed E-state index contributed by atoms with van der Waals surface area (Å²) in [7, 11) is 0. The number of ether oxygens (including phenoxy) is 3. The number of carbonyl (C=O) groups is 1. The van der Waals surface area contributed by atoms with E-state index < -0.39 is 22.7 Å². The molecule has 2 aliphatic carbocycles. The van der Waals surface area contributed by atoms with Crippen LogP contribution in [0.2, 0.25) is 0 Å². The lowest BCUT2D eigenvalue weighted by atomic mass is 9.55. The fourth-order valence-electron chi connectivity index (χ4n) is 10.7. The highest BCUT2D eigenvalue weighted by atomic mass is 16.7. The van der Waals surface area contributed by atoms with Gasteiger partial charge in [-0.05, 0) is 145 Å². The van der Waals surface area contributed by atoms with Gasteiger partial charge < -0.3 is 34.2 Å². The number of amides is 1. The van der Waals surface area contributed by atoms with Crippen LogP contribution in [0.5, 0.6) is 17.2 Å². The molecular formula is C56H63N3O9. The number of hydrogen-bond donors (Lipinski definition) is 2. The molecule has 1 saturated carbocycles. The first-order valence-corrected chi connectivity index (χ1v) is 24.1. The summed E-state index contributed by atoms with van der Waals surface area (Å²) in [6.07, 6.45) is 9.38. The second-order valence-corrected chi connectivity index (χ2v) is 18.4. The molecule has 5 aromatic carbocycles. The zero-order chi connectivity index (χ0) is 47.8. The Labute approximate surface area is 399 Å². The number of aliphatic hydroxyl groups excluding tert-OH is 2. The Kier molecular flexibility index (Phi) is 15.4. The number of nitro groups is 1. The molecule has 12 nitrogen and oxygen atoms in total. The van der Waals surface area contributed by atoms with Gasteiger partial charge in [-0.15, -0.1) is 6.58 Å². The van der Waals surface area contributed by atoms with E-state index in [-0.39, 0.29) is 62.2 Å². The van der Waals surface area contributed by atoms with Crippen molar-refractivity contribution in [2.45, 2.75) is 96.5 Å². The van der Waals surface area contributed by atoms with Gasteiger partial charge in [0.25, 0.3) is 11.6 Å². The van der Waals surface area contributed by atoms with Crippen molar-refractivity contribution in [3.05, 3.63) is 165 Å². The number of unbranched alkanes of at least 4 members (excludes halogenated alkanes) is 2. The van der Waals surface area contributed by atoms with Gasteiger partial charge in [-0.2, -0.15) is 0 Å². The van der Waals surface area contributed by atoms with Gasteiger partial charge in [0.05, 0.1) is 23.2 Å². The molecule has 0 spiro atoms. The van der Waals surface area contributed by atoms with Crippen LogP contribution in [0, 0.1) is 41.7 Å². The van der Waals surface area contributed by atoms with Crippen molar-refractivity contribution in [3.8, 4) is 17.2 Å². The van der Waals surface area contributed by atoms with Crippen LogP contribution < -0.4 is 9.47 Å². The maximum Gasteiger partial charge on any atom is 0.269 e. The van der Waals surface area contributed by atoms with E-state index in [1.807, 2.05) is 71.6 Å². The van der Waals surface area contributed by atoms with Gasteiger partial charge in [0, 0.05) is 55.4 Å². The molecule has 3 aliphatic rings. The van der Waals surface area contributed by atoms with Crippen molar-refractivity contribution in [3.63, 3.8) is 0 Å². The summed E-state index contributed by atoms with van der Waals surface area (Å²) >= 11 is 0. The largest absolute Gasteiger partial charge is 0.459 e. The van der Waals surface area contributed by atoms with Crippen LogP contribution in [0.1, 0.15) is 96.8 Å². The van der Waals surface area contributed by atoms with E-state index in [0.29, 0.717) is 54.1 Å². The molecular weight excluding hydrogens is 859 g/mol. The third-order valence-corrected chi connectivity index (χ3v) is 14.0. The van der Waals surface area contributed by atoms with Crippen molar-refractivity contribution in [2.75, 3.05) is 26.4 Å². The summed E-state index contributed by atoms with van der Waals surface area (Å²) in [4.78, 5) is 34.5. The van der Waals surface area contributed by atoms with Gasteiger partial charge in [0.15, 0.2) is 0 Å². The lowest BCUT2D eigenvalue weighted by Gasteiger charge is -2.60. The van der Waals surface area contributed by atoms with E-state index in [1.54, 1.807) is 18.2 Å².